The Bertz CT molecular complexity index is 928. The van der Waals surface area contributed by atoms with Crippen molar-refractivity contribution in [2.75, 3.05) is 20.8 Å². The quantitative estimate of drug-likeness (QED) is 0.518. The highest BCUT2D eigenvalue weighted by molar-refractivity contribution is 5.97. The largest absolute Gasteiger partial charge is 0.496 e. The van der Waals surface area contributed by atoms with E-state index in [1.165, 1.54) is 19.2 Å². The Kier molecular flexibility index (Phi) is 7.13. The molecule has 0 aliphatic rings. The Balaban J connectivity index is 2.00. The molecule has 0 spiro atoms. The van der Waals surface area contributed by atoms with Gasteiger partial charge in [0.1, 0.15) is 5.75 Å². The first-order valence-corrected chi connectivity index (χ1v) is 8.81. The molecule has 0 heterocycles. The maximum absolute atomic E-state index is 12.2. The molecule has 154 valence electrons. The van der Waals surface area contributed by atoms with Crippen LogP contribution in [0.1, 0.15) is 34.5 Å². The number of amides is 2. The summed E-state index contributed by atoms with van der Waals surface area (Å²) in [6.07, 6.45) is 0. The van der Waals surface area contributed by atoms with Gasteiger partial charge in [-0.05, 0) is 32.0 Å². The van der Waals surface area contributed by atoms with Crippen LogP contribution in [0, 0.1) is 17.0 Å². The Morgan fingerprint density at radius 2 is 1.76 bits per heavy atom. The SMILES string of the molecule is COc1ccc(C)cc1C(C)NC(=O)CNC(=O)c1ccc(OC)c([N+](=O)[O-])c1. The van der Waals surface area contributed by atoms with Gasteiger partial charge in [0.15, 0.2) is 5.75 Å². The fraction of sp³-hybridized carbons (Fsp3) is 0.300. The summed E-state index contributed by atoms with van der Waals surface area (Å²) >= 11 is 0. The van der Waals surface area contributed by atoms with Crippen LogP contribution in [0.3, 0.4) is 0 Å². The van der Waals surface area contributed by atoms with E-state index in [0.717, 1.165) is 17.2 Å². The summed E-state index contributed by atoms with van der Waals surface area (Å²) in [5.74, 6) is -0.313. The smallest absolute Gasteiger partial charge is 0.311 e. The van der Waals surface area contributed by atoms with Crippen LogP contribution >= 0.6 is 0 Å². The zero-order valence-corrected chi connectivity index (χ0v) is 16.6. The van der Waals surface area contributed by atoms with Crippen LogP contribution in [0.5, 0.6) is 11.5 Å². The third-order valence-electron chi connectivity index (χ3n) is 4.28. The second kappa shape index (κ2) is 9.54. The van der Waals surface area contributed by atoms with Crippen molar-refractivity contribution in [1.29, 1.82) is 0 Å². The lowest BCUT2D eigenvalue weighted by Crippen LogP contribution is -2.38. The van der Waals surface area contributed by atoms with Gasteiger partial charge in [0.2, 0.25) is 5.91 Å². The molecule has 0 fully saturated rings. The van der Waals surface area contributed by atoms with E-state index in [0.29, 0.717) is 5.75 Å². The van der Waals surface area contributed by atoms with Crippen molar-refractivity contribution in [2.45, 2.75) is 19.9 Å². The summed E-state index contributed by atoms with van der Waals surface area (Å²) in [7, 11) is 2.85. The second-order valence-corrected chi connectivity index (χ2v) is 6.36. The highest BCUT2D eigenvalue weighted by Crippen LogP contribution is 2.28. The van der Waals surface area contributed by atoms with Crippen LogP contribution < -0.4 is 20.1 Å². The molecule has 2 N–H and O–H groups in total. The van der Waals surface area contributed by atoms with Gasteiger partial charge >= 0.3 is 5.69 Å². The number of carbonyl (C=O) groups is 2. The fourth-order valence-electron chi connectivity index (χ4n) is 2.80. The molecule has 0 aromatic heterocycles. The standard InChI is InChI=1S/C20H23N3O6/c1-12-5-7-17(28-3)15(9-12)13(2)22-19(24)11-21-20(25)14-6-8-18(29-4)16(10-14)23(26)27/h5-10,13H,11H2,1-4H3,(H,21,25)(H,22,24). The molecule has 0 aliphatic carbocycles. The van der Waals surface area contributed by atoms with E-state index in [1.807, 2.05) is 32.0 Å². The van der Waals surface area contributed by atoms with Crippen LogP contribution in [0.4, 0.5) is 5.69 Å². The summed E-state index contributed by atoms with van der Waals surface area (Å²) in [6.45, 7) is 3.47. The van der Waals surface area contributed by atoms with Gasteiger partial charge < -0.3 is 20.1 Å². The van der Waals surface area contributed by atoms with Gasteiger partial charge in [-0.2, -0.15) is 0 Å². The number of nitrogens with one attached hydrogen (secondary N) is 2. The summed E-state index contributed by atoms with van der Waals surface area (Å²) in [4.78, 5) is 34.9. The van der Waals surface area contributed by atoms with Crippen LogP contribution in [0.25, 0.3) is 0 Å². The van der Waals surface area contributed by atoms with Crippen molar-refractivity contribution in [3.63, 3.8) is 0 Å². The maximum atomic E-state index is 12.2. The normalized spacial score (nSPS) is 11.3. The van der Waals surface area contributed by atoms with Crippen molar-refractivity contribution in [3.05, 3.63) is 63.2 Å². The lowest BCUT2D eigenvalue weighted by Gasteiger charge is -2.18. The number of ether oxygens (including phenoxy) is 2. The first-order valence-electron chi connectivity index (χ1n) is 8.81. The lowest BCUT2D eigenvalue weighted by molar-refractivity contribution is -0.385. The van der Waals surface area contributed by atoms with Crippen molar-refractivity contribution in [1.82, 2.24) is 10.6 Å². The molecule has 1 unspecified atom stereocenters. The van der Waals surface area contributed by atoms with Gasteiger partial charge in [0.05, 0.1) is 31.7 Å². The number of nitrogens with zero attached hydrogens (tertiary/aromatic N) is 1. The number of carbonyl (C=O) groups excluding carboxylic acids is 2. The van der Waals surface area contributed by atoms with Crippen LogP contribution in [0.2, 0.25) is 0 Å². The Hall–Kier alpha value is -3.62. The maximum Gasteiger partial charge on any atom is 0.311 e. The van der Waals surface area contributed by atoms with Crippen molar-refractivity contribution < 1.29 is 24.0 Å². The Morgan fingerprint density at radius 3 is 2.38 bits per heavy atom. The molecule has 29 heavy (non-hydrogen) atoms. The summed E-state index contributed by atoms with van der Waals surface area (Å²) in [5.41, 5.74) is 1.57. The second-order valence-electron chi connectivity index (χ2n) is 6.36. The van der Waals surface area contributed by atoms with Gasteiger partial charge in [-0.3, -0.25) is 19.7 Å². The van der Waals surface area contributed by atoms with E-state index in [-0.39, 0.29) is 29.6 Å². The molecule has 2 rings (SSSR count). The molecule has 9 heteroatoms. The number of methoxy groups -OCH3 is 2. The Labute approximate surface area is 168 Å². The minimum Gasteiger partial charge on any atom is -0.496 e. The molecular formula is C20H23N3O6. The van der Waals surface area contributed by atoms with Crippen LogP contribution in [-0.4, -0.2) is 37.5 Å². The minimum absolute atomic E-state index is 0.0465. The first-order chi connectivity index (χ1) is 13.8. The summed E-state index contributed by atoms with van der Waals surface area (Å²) in [5, 5.41) is 16.3. The number of aryl methyl sites for hydroxylation is 1. The van der Waals surface area contributed by atoms with E-state index in [4.69, 9.17) is 9.47 Å². The van der Waals surface area contributed by atoms with E-state index < -0.39 is 16.7 Å². The Morgan fingerprint density at radius 1 is 1.10 bits per heavy atom. The number of nitro benzene ring substituents is 1. The number of hydrogen-bond donors (Lipinski definition) is 2. The van der Waals surface area contributed by atoms with Gasteiger partial charge in [0.25, 0.3) is 5.91 Å². The van der Waals surface area contributed by atoms with Gasteiger partial charge in [-0.15, -0.1) is 0 Å². The van der Waals surface area contributed by atoms with Gasteiger partial charge in [0, 0.05) is 17.2 Å². The van der Waals surface area contributed by atoms with Crippen LogP contribution in [0.15, 0.2) is 36.4 Å². The average molecular weight is 401 g/mol. The predicted molar refractivity (Wildman–Crippen MR) is 106 cm³/mol. The highest BCUT2D eigenvalue weighted by Gasteiger charge is 2.19. The summed E-state index contributed by atoms with van der Waals surface area (Å²) in [6, 6.07) is 9.14. The molecule has 2 aromatic carbocycles. The highest BCUT2D eigenvalue weighted by atomic mass is 16.6. The molecule has 2 amide bonds. The van der Waals surface area contributed by atoms with E-state index in [1.54, 1.807) is 7.11 Å². The molecule has 0 saturated carbocycles. The third-order valence-corrected chi connectivity index (χ3v) is 4.28. The zero-order chi connectivity index (χ0) is 21.6. The molecular weight excluding hydrogens is 378 g/mol. The molecule has 2 aromatic rings. The molecule has 9 nitrogen and oxygen atoms in total. The van der Waals surface area contributed by atoms with E-state index in [9.17, 15) is 19.7 Å². The van der Waals surface area contributed by atoms with Crippen molar-refractivity contribution in [2.24, 2.45) is 0 Å². The first kappa shape index (κ1) is 21.7. The summed E-state index contributed by atoms with van der Waals surface area (Å²) < 4.78 is 10.2. The number of hydrogen-bond acceptors (Lipinski definition) is 6. The number of benzene rings is 2. The average Bonchev–Trinajstić information content (AvgIpc) is 2.71. The fourth-order valence-corrected chi connectivity index (χ4v) is 2.80. The van der Waals surface area contributed by atoms with Gasteiger partial charge in [-0.1, -0.05) is 17.7 Å². The van der Waals surface area contributed by atoms with Crippen LogP contribution in [-0.2, 0) is 4.79 Å². The van der Waals surface area contributed by atoms with E-state index >= 15 is 0 Å². The number of nitro groups is 1. The topological polar surface area (TPSA) is 120 Å². The molecule has 0 saturated heterocycles. The molecule has 0 radical (unpaired) electrons. The van der Waals surface area contributed by atoms with Crippen molar-refractivity contribution in [3.8, 4) is 11.5 Å². The zero-order valence-electron chi connectivity index (χ0n) is 16.6. The van der Waals surface area contributed by atoms with Crippen molar-refractivity contribution >= 4 is 17.5 Å². The van der Waals surface area contributed by atoms with E-state index in [2.05, 4.69) is 10.6 Å². The third kappa shape index (κ3) is 5.44. The number of rotatable bonds is 8. The predicted octanol–water partition coefficient (Wildman–Crippen LogP) is 2.53. The minimum atomic E-state index is -0.640. The molecule has 0 aliphatic heterocycles. The lowest BCUT2D eigenvalue weighted by atomic mass is 10.0. The van der Waals surface area contributed by atoms with Gasteiger partial charge in [-0.25, -0.2) is 0 Å². The molecule has 0 bridgehead atoms. The molecule has 1 atom stereocenters. The monoisotopic (exact) mass is 401 g/mol.